The van der Waals surface area contributed by atoms with E-state index in [1.54, 1.807) is 0 Å². The lowest BCUT2D eigenvalue weighted by Crippen LogP contribution is -2.35. The maximum absolute atomic E-state index is 5.04. The summed E-state index contributed by atoms with van der Waals surface area (Å²) in [6, 6.07) is 0. The van der Waals surface area contributed by atoms with E-state index in [2.05, 4.69) is 46.9 Å². The van der Waals surface area contributed by atoms with E-state index in [0.29, 0.717) is 5.92 Å². The summed E-state index contributed by atoms with van der Waals surface area (Å²) < 4.78 is 0. The zero-order chi connectivity index (χ0) is 15.6. The summed E-state index contributed by atoms with van der Waals surface area (Å²) in [4.78, 5) is 6.49. The van der Waals surface area contributed by atoms with Gasteiger partial charge in [0.05, 0.1) is 10.7 Å². The second-order valence-corrected chi connectivity index (χ2v) is 9.02. The normalized spacial score (nSPS) is 23.2. The summed E-state index contributed by atoms with van der Waals surface area (Å²) >= 11 is 1.96. The minimum atomic E-state index is 0.166. The standard InChI is InChI=1S/C18H32N2S/c1-7-13-8-9-14(10-13)17-20-16(12(2)3)15(21-17)11-19-18(4,5)6/h12-14,19H,7-11H2,1-6H3. The van der Waals surface area contributed by atoms with Gasteiger partial charge >= 0.3 is 0 Å². The number of hydrogen-bond donors (Lipinski definition) is 1. The monoisotopic (exact) mass is 308 g/mol. The van der Waals surface area contributed by atoms with Crippen LogP contribution in [-0.4, -0.2) is 10.5 Å². The third-order valence-corrected chi connectivity index (χ3v) is 5.77. The van der Waals surface area contributed by atoms with Crippen molar-refractivity contribution in [2.75, 3.05) is 0 Å². The average Bonchev–Trinajstić information content (AvgIpc) is 3.01. The van der Waals surface area contributed by atoms with Gasteiger partial charge in [0.25, 0.3) is 0 Å². The van der Waals surface area contributed by atoms with Crippen molar-refractivity contribution in [3.05, 3.63) is 15.6 Å². The lowest BCUT2D eigenvalue weighted by Gasteiger charge is -2.20. The predicted octanol–water partition coefficient (Wildman–Crippen LogP) is 5.45. The molecule has 21 heavy (non-hydrogen) atoms. The van der Waals surface area contributed by atoms with Crippen LogP contribution in [0.25, 0.3) is 0 Å². The van der Waals surface area contributed by atoms with Crippen molar-refractivity contribution in [1.29, 1.82) is 0 Å². The van der Waals surface area contributed by atoms with E-state index in [1.165, 1.54) is 41.3 Å². The van der Waals surface area contributed by atoms with Gasteiger partial charge in [-0.2, -0.15) is 0 Å². The number of aromatic nitrogens is 1. The molecule has 2 atom stereocenters. The molecule has 0 aliphatic heterocycles. The Labute approximate surface area is 134 Å². The molecule has 0 radical (unpaired) electrons. The minimum Gasteiger partial charge on any atom is -0.307 e. The van der Waals surface area contributed by atoms with Crippen LogP contribution in [0.2, 0.25) is 0 Å². The number of rotatable bonds is 5. The molecule has 1 aromatic heterocycles. The summed E-state index contributed by atoms with van der Waals surface area (Å²) in [5.74, 6) is 2.17. The molecular formula is C18H32N2S. The molecule has 1 aromatic rings. The van der Waals surface area contributed by atoms with Gasteiger partial charge in [-0.05, 0) is 51.9 Å². The van der Waals surface area contributed by atoms with E-state index in [0.717, 1.165) is 18.4 Å². The van der Waals surface area contributed by atoms with Crippen molar-refractivity contribution in [2.24, 2.45) is 5.92 Å². The van der Waals surface area contributed by atoms with Gasteiger partial charge in [0.15, 0.2) is 0 Å². The van der Waals surface area contributed by atoms with E-state index in [9.17, 15) is 0 Å². The van der Waals surface area contributed by atoms with Gasteiger partial charge in [0, 0.05) is 22.9 Å². The van der Waals surface area contributed by atoms with Crippen molar-refractivity contribution in [1.82, 2.24) is 10.3 Å². The van der Waals surface area contributed by atoms with Crippen LogP contribution in [0.4, 0.5) is 0 Å². The minimum absolute atomic E-state index is 0.166. The molecule has 1 heterocycles. The zero-order valence-electron chi connectivity index (χ0n) is 14.6. The van der Waals surface area contributed by atoms with Gasteiger partial charge in [0.1, 0.15) is 0 Å². The smallest absolute Gasteiger partial charge is 0.0962 e. The van der Waals surface area contributed by atoms with Gasteiger partial charge in [-0.3, -0.25) is 0 Å². The van der Waals surface area contributed by atoms with Crippen LogP contribution in [0, 0.1) is 5.92 Å². The Bertz CT molecular complexity index is 456. The van der Waals surface area contributed by atoms with Crippen LogP contribution in [-0.2, 0) is 6.54 Å². The van der Waals surface area contributed by atoms with Gasteiger partial charge in [-0.15, -0.1) is 11.3 Å². The second-order valence-electron chi connectivity index (χ2n) is 7.90. The molecule has 1 saturated carbocycles. The average molecular weight is 309 g/mol. The van der Waals surface area contributed by atoms with E-state index in [4.69, 9.17) is 4.98 Å². The topological polar surface area (TPSA) is 24.9 Å². The van der Waals surface area contributed by atoms with Crippen LogP contribution in [0.3, 0.4) is 0 Å². The Kier molecular flexibility index (Phi) is 5.48. The third kappa shape index (κ3) is 4.53. The van der Waals surface area contributed by atoms with Crippen LogP contribution in [0.1, 0.15) is 94.6 Å². The molecule has 0 spiro atoms. The lowest BCUT2D eigenvalue weighted by molar-refractivity contribution is 0.425. The summed E-state index contributed by atoms with van der Waals surface area (Å²) in [5, 5.41) is 5.03. The van der Waals surface area contributed by atoms with Gasteiger partial charge in [-0.25, -0.2) is 4.98 Å². The SMILES string of the molecule is CCC1CCC(c2nc(C(C)C)c(CNC(C)(C)C)s2)C1. The number of thiazole rings is 1. The molecule has 1 N–H and O–H groups in total. The first kappa shape index (κ1) is 17.0. The number of hydrogen-bond acceptors (Lipinski definition) is 3. The molecular weight excluding hydrogens is 276 g/mol. The van der Waals surface area contributed by atoms with Crippen LogP contribution in [0.5, 0.6) is 0 Å². The first-order valence-corrected chi connectivity index (χ1v) is 9.36. The van der Waals surface area contributed by atoms with Crippen LogP contribution in [0.15, 0.2) is 0 Å². The van der Waals surface area contributed by atoms with Gasteiger partial charge < -0.3 is 5.32 Å². The first-order chi connectivity index (χ1) is 9.80. The van der Waals surface area contributed by atoms with Crippen LogP contribution < -0.4 is 5.32 Å². The summed E-state index contributed by atoms with van der Waals surface area (Å²) in [5.41, 5.74) is 1.49. The van der Waals surface area contributed by atoms with E-state index >= 15 is 0 Å². The third-order valence-electron chi connectivity index (χ3n) is 4.54. The fourth-order valence-electron chi connectivity index (χ4n) is 3.15. The predicted molar refractivity (Wildman–Crippen MR) is 93.2 cm³/mol. The lowest BCUT2D eigenvalue weighted by atomic mass is 10.0. The Balaban J connectivity index is 2.13. The highest BCUT2D eigenvalue weighted by atomic mass is 32.1. The second kappa shape index (κ2) is 6.78. The fourth-order valence-corrected chi connectivity index (χ4v) is 4.46. The summed E-state index contributed by atoms with van der Waals surface area (Å²) in [6.07, 6.45) is 5.42. The van der Waals surface area contributed by atoms with Crippen LogP contribution >= 0.6 is 11.3 Å². The molecule has 120 valence electrons. The summed E-state index contributed by atoms with van der Waals surface area (Å²) in [7, 11) is 0. The molecule has 1 aliphatic carbocycles. The highest BCUT2D eigenvalue weighted by Crippen LogP contribution is 2.42. The number of nitrogens with zero attached hydrogens (tertiary/aromatic N) is 1. The highest BCUT2D eigenvalue weighted by molar-refractivity contribution is 7.11. The van der Waals surface area contributed by atoms with Crippen molar-refractivity contribution in [3.63, 3.8) is 0 Å². The molecule has 2 unspecified atom stereocenters. The quantitative estimate of drug-likeness (QED) is 0.782. The van der Waals surface area contributed by atoms with Crippen molar-refractivity contribution < 1.29 is 0 Å². The van der Waals surface area contributed by atoms with Crippen molar-refractivity contribution >= 4 is 11.3 Å². The number of nitrogens with one attached hydrogen (secondary N) is 1. The summed E-state index contributed by atoms with van der Waals surface area (Å²) in [6.45, 7) is 14.5. The maximum atomic E-state index is 5.04. The molecule has 2 rings (SSSR count). The van der Waals surface area contributed by atoms with E-state index < -0.39 is 0 Å². The van der Waals surface area contributed by atoms with Gasteiger partial charge in [-0.1, -0.05) is 27.2 Å². The Morgan fingerprint density at radius 3 is 2.52 bits per heavy atom. The molecule has 0 aromatic carbocycles. The van der Waals surface area contributed by atoms with Crippen molar-refractivity contribution in [2.45, 2.75) is 91.1 Å². The Hall–Kier alpha value is -0.410. The molecule has 0 amide bonds. The first-order valence-electron chi connectivity index (χ1n) is 8.54. The molecule has 1 fully saturated rings. The highest BCUT2D eigenvalue weighted by Gasteiger charge is 2.28. The van der Waals surface area contributed by atoms with E-state index in [1.807, 2.05) is 11.3 Å². The van der Waals surface area contributed by atoms with E-state index in [-0.39, 0.29) is 5.54 Å². The Morgan fingerprint density at radius 1 is 1.29 bits per heavy atom. The zero-order valence-corrected chi connectivity index (χ0v) is 15.4. The molecule has 0 bridgehead atoms. The molecule has 3 heteroatoms. The van der Waals surface area contributed by atoms with Crippen molar-refractivity contribution in [3.8, 4) is 0 Å². The van der Waals surface area contributed by atoms with Gasteiger partial charge in [0.2, 0.25) is 0 Å². The molecule has 1 aliphatic rings. The maximum Gasteiger partial charge on any atom is 0.0962 e. The fraction of sp³-hybridized carbons (Fsp3) is 0.833. The molecule has 0 saturated heterocycles. The largest absolute Gasteiger partial charge is 0.307 e. The molecule has 2 nitrogen and oxygen atoms in total. The Morgan fingerprint density at radius 2 is 2.00 bits per heavy atom.